The maximum atomic E-state index is 12.4. The molecule has 20 heavy (non-hydrogen) atoms. The van der Waals surface area contributed by atoms with Gasteiger partial charge in [-0.2, -0.15) is 0 Å². The molecule has 0 amide bonds. The van der Waals surface area contributed by atoms with Crippen molar-refractivity contribution in [2.45, 2.75) is 30.4 Å². The van der Waals surface area contributed by atoms with Crippen molar-refractivity contribution in [3.05, 3.63) is 38.0 Å². The van der Waals surface area contributed by atoms with Crippen molar-refractivity contribution < 1.29 is 8.42 Å². The Bertz CT molecular complexity index is 744. The van der Waals surface area contributed by atoms with Gasteiger partial charge in [-0.3, -0.25) is 4.98 Å². The number of aryl methyl sites for hydroxylation is 2. The number of thiazole rings is 1. The zero-order chi connectivity index (χ0) is 14.9. The summed E-state index contributed by atoms with van der Waals surface area (Å²) in [6, 6.07) is 1.63. The molecule has 108 valence electrons. The van der Waals surface area contributed by atoms with E-state index in [1.807, 2.05) is 13.8 Å². The summed E-state index contributed by atoms with van der Waals surface area (Å²) in [6.45, 7) is 3.83. The van der Waals surface area contributed by atoms with Crippen LogP contribution in [0.25, 0.3) is 0 Å². The largest absolute Gasteiger partial charge is 0.257 e. The van der Waals surface area contributed by atoms with Gasteiger partial charge in [0.15, 0.2) is 0 Å². The molecule has 0 aromatic carbocycles. The molecule has 0 N–H and O–H groups in total. The first-order valence-corrected chi connectivity index (χ1v) is 9.46. The van der Waals surface area contributed by atoms with E-state index in [1.165, 1.54) is 17.5 Å². The van der Waals surface area contributed by atoms with Crippen LogP contribution in [0.2, 0.25) is 5.02 Å². The summed E-state index contributed by atoms with van der Waals surface area (Å²) in [7, 11) is -3.52. The van der Waals surface area contributed by atoms with Gasteiger partial charge in [0.25, 0.3) is 0 Å². The van der Waals surface area contributed by atoms with Crippen LogP contribution in [0.4, 0.5) is 0 Å². The third-order valence-corrected chi connectivity index (χ3v) is 6.54. The molecule has 2 heterocycles. The van der Waals surface area contributed by atoms with E-state index in [0.29, 0.717) is 15.2 Å². The van der Waals surface area contributed by atoms with Crippen LogP contribution >= 0.6 is 38.9 Å². The standard InChI is InChI=1S/C12H12BrClN2O2S2/c1-3-10-7(2)19-12(16-10)20(17,18)6-11-9(14)4-8(13)5-15-11/h4-5H,3,6H2,1-2H3. The van der Waals surface area contributed by atoms with Crippen LogP contribution in [0, 0.1) is 6.92 Å². The smallest absolute Gasteiger partial charge is 0.211 e. The number of hydrogen-bond donors (Lipinski definition) is 0. The van der Waals surface area contributed by atoms with Crippen LogP contribution in [0.3, 0.4) is 0 Å². The fourth-order valence-corrected chi connectivity index (χ4v) is 5.18. The highest BCUT2D eigenvalue weighted by molar-refractivity contribution is 9.10. The van der Waals surface area contributed by atoms with Crippen molar-refractivity contribution in [3.63, 3.8) is 0 Å². The van der Waals surface area contributed by atoms with E-state index >= 15 is 0 Å². The molecule has 0 aliphatic rings. The van der Waals surface area contributed by atoms with Crippen LogP contribution in [0.5, 0.6) is 0 Å². The van der Waals surface area contributed by atoms with E-state index in [0.717, 1.165) is 17.0 Å². The van der Waals surface area contributed by atoms with E-state index in [2.05, 4.69) is 25.9 Å². The Morgan fingerprint density at radius 3 is 2.65 bits per heavy atom. The molecule has 0 unspecified atom stereocenters. The van der Waals surface area contributed by atoms with Gasteiger partial charge in [0.2, 0.25) is 14.2 Å². The maximum Gasteiger partial charge on any atom is 0.211 e. The number of sulfone groups is 1. The monoisotopic (exact) mass is 394 g/mol. The summed E-state index contributed by atoms with van der Waals surface area (Å²) in [5, 5.41) is 0.326. The Kier molecular flexibility index (Phi) is 4.84. The number of hydrogen-bond acceptors (Lipinski definition) is 5. The predicted octanol–water partition coefficient (Wildman–Crippen LogP) is 3.80. The second-order valence-electron chi connectivity index (χ2n) is 4.18. The van der Waals surface area contributed by atoms with Gasteiger partial charge in [-0.05, 0) is 35.3 Å². The quantitative estimate of drug-likeness (QED) is 0.790. The maximum absolute atomic E-state index is 12.4. The highest BCUT2D eigenvalue weighted by atomic mass is 79.9. The van der Waals surface area contributed by atoms with E-state index < -0.39 is 9.84 Å². The van der Waals surface area contributed by atoms with E-state index in [-0.39, 0.29) is 10.1 Å². The number of pyridine rings is 1. The Labute approximate surface area is 135 Å². The average Bonchev–Trinajstić information content (AvgIpc) is 2.75. The third kappa shape index (κ3) is 3.39. The van der Waals surface area contributed by atoms with Gasteiger partial charge in [-0.1, -0.05) is 18.5 Å². The normalized spacial score (nSPS) is 11.8. The lowest BCUT2D eigenvalue weighted by Crippen LogP contribution is -2.07. The zero-order valence-corrected chi connectivity index (χ0v) is 14.8. The van der Waals surface area contributed by atoms with Crippen LogP contribution in [0.1, 0.15) is 23.2 Å². The van der Waals surface area contributed by atoms with Gasteiger partial charge < -0.3 is 0 Å². The van der Waals surface area contributed by atoms with Crippen LogP contribution in [0.15, 0.2) is 21.1 Å². The van der Waals surface area contributed by atoms with Gasteiger partial charge in [0.05, 0.1) is 16.4 Å². The minimum Gasteiger partial charge on any atom is -0.257 e. The molecular formula is C12H12BrClN2O2S2. The molecule has 0 fully saturated rings. The Morgan fingerprint density at radius 1 is 1.40 bits per heavy atom. The molecule has 0 spiro atoms. The number of rotatable bonds is 4. The zero-order valence-electron chi connectivity index (χ0n) is 10.9. The van der Waals surface area contributed by atoms with Crippen LogP contribution < -0.4 is 0 Å². The van der Waals surface area contributed by atoms with E-state index in [4.69, 9.17) is 11.6 Å². The highest BCUT2D eigenvalue weighted by Crippen LogP contribution is 2.27. The fraction of sp³-hybridized carbons (Fsp3) is 0.333. The molecule has 2 rings (SSSR count). The van der Waals surface area contributed by atoms with Crippen molar-refractivity contribution >= 4 is 48.7 Å². The van der Waals surface area contributed by atoms with E-state index in [1.54, 1.807) is 6.07 Å². The van der Waals surface area contributed by atoms with E-state index in [9.17, 15) is 8.42 Å². The Morgan fingerprint density at radius 2 is 2.10 bits per heavy atom. The molecule has 4 nitrogen and oxygen atoms in total. The van der Waals surface area contributed by atoms with Crippen molar-refractivity contribution in [2.75, 3.05) is 0 Å². The number of aromatic nitrogens is 2. The van der Waals surface area contributed by atoms with Gasteiger partial charge in [-0.15, -0.1) is 11.3 Å². The summed E-state index contributed by atoms with van der Waals surface area (Å²) < 4.78 is 25.6. The molecule has 0 aliphatic heterocycles. The van der Waals surface area contributed by atoms with Crippen molar-refractivity contribution in [1.29, 1.82) is 0 Å². The van der Waals surface area contributed by atoms with Crippen molar-refractivity contribution in [3.8, 4) is 0 Å². The summed E-state index contributed by atoms with van der Waals surface area (Å²) in [6.07, 6.45) is 2.25. The lowest BCUT2D eigenvalue weighted by Gasteiger charge is -2.03. The van der Waals surface area contributed by atoms with Gasteiger partial charge >= 0.3 is 0 Å². The molecule has 2 aromatic rings. The molecular weight excluding hydrogens is 384 g/mol. The topological polar surface area (TPSA) is 59.9 Å². The molecule has 0 saturated heterocycles. The summed E-state index contributed by atoms with van der Waals surface area (Å²) in [5.41, 5.74) is 1.16. The van der Waals surface area contributed by atoms with Crippen molar-refractivity contribution in [1.82, 2.24) is 9.97 Å². The second kappa shape index (κ2) is 6.09. The highest BCUT2D eigenvalue weighted by Gasteiger charge is 2.23. The van der Waals surface area contributed by atoms with Gasteiger partial charge in [0.1, 0.15) is 5.75 Å². The molecule has 0 bridgehead atoms. The first-order valence-electron chi connectivity index (χ1n) is 5.82. The molecule has 0 atom stereocenters. The SMILES string of the molecule is CCc1nc(S(=O)(=O)Cc2ncc(Br)cc2Cl)sc1C. The summed E-state index contributed by atoms with van der Waals surface area (Å²) in [5.74, 6) is -0.241. The minimum atomic E-state index is -3.52. The number of nitrogens with zero attached hydrogens (tertiary/aromatic N) is 2. The molecule has 0 aliphatic carbocycles. The predicted molar refractivity (Wildman–Crippen MR) is 84.1 cm³/mol. The van der Waals surface area contributed by atoms with Crippen LogP contribution in [-0.4, -0.2) is 18.4 Å². The molecule has 0 saturated carbocycles. The average molecular weight is 396 g/mol. The molecule has 2 aromatic heterocycles. The lowest BCUT2D eigenvalue weighted by molar-refractivity contribution is 0.593. The van der Waals surface area contributed by atoms with Crippen LogP contribution in [-0.2, 0) is 22.0 Å². The molecule has 0 radical (unpaired) electrons. The fourth-order valence-electron chi connectivity index (χ4n) is 1.65. The lowest BCUT2D eigenvalue weighted by atomic mass is 10.3. The minimum absolute atomic E-state index is 0.132. The Balaban J connectivity index is 2.35. The van der Waals surface area contributed by atoms with Gasteiger partial charge in [-0.25, -0.2) is 13.4 Å². The third-order valence-electron chi connectivity index (χ3n) is 2.68. The van der Waals surface area contributed by atoms with Gasteiger partial charge in [0, 0.05) is 15.5 Å². The molecule has 8 heteroatoms. The summed E-state index contributed by atoms with van der Waals surface area (Å²) in [4.78, 5) is 9.18. The second-order valence-corrected chi connectivity index (χ2v) is 8.87. The number of halogens is 2. The summed E-state index contributed by atoms with van der Waals surface area (Å²) >= 11 is 10.4. The first kappa shape index (κ1) is 15.9. The van der Waals surface area contributed by atoms with Crippen molar-refractivity contribution in [2.24, 2.45) is 0 Å². The first-order chi connectivity index (χ1) is 9.33. The Hall–Kier alpha value is -0.500.